The molecular weight excluding hydrogens is 415 g/mol. The Morgan fingerprint density at radius 1 is 0.871 bits per heavy atom. The number of fused-ring (bicyclic) bond motifs is 3. The lowest BCUT2D eigenvalue weighted by atomic mass is 9.81. The second kappa shape index (κ2) is 6.46. The van der Waals surface area contributed by atoms with Crippen LogP contribution >= 0.6 is 0 Å². The van der Waals surface area contributed by atoms with Crippen LogP contribution in [0.1, 0.15) is 33.0 Å². The topological polar surface area (TPSA) is 104 Å². The van der Waals surface area contributed by atoms with Gasteiger partial charge in [0, 0.05) is 22.6 Å². The van der Waals surface area contributed by atoms with Crippen LogP contribution in [0.5, 0.6) is 5.75 Å². The van der Waals surface area contributed by atoms with E-state index in [9.17, 15) is 27.6 Å². The molecular formula is C21H12F3N3O4. The monoisotopic (exact) mass is 427 g/mol. The highest BCUT2D eigenvalue weighted by Crippen LogP contribution is 2.47. The summed E-state index contributed by atoms with van der Waals surface area (Å²) in [6, 6.07) is 11.8. The summed E-state index contributed by atoms with van der Waals surface area (Å²) in [5, 5.41) is 2.98. The zero-order chi connectivity index (χ0) is 21.9. The van der Waals surface area contributed by atoms with Gasteiger partial charge < -0.3 is 10.1 Å². The molecule has 0 radical (unpaired) electrons. The van der Waals surface area contributed by atoms with Crippen molar-refractivity contribution in [3.8, 4) is 5.75 Å². The number of allylic oxidation sites excluding steroid dienone is 1. The van der Waals surface area contributed by atoms with Crippen LogP contribution in [-0.4, -0.2) is 22.1 Å². The summed E-state index contributed by atoms with van der Waals surface area (Å²) in [7, 11) is 0. The van der Waals surface area contributed by atoms with Crippen molar-refractivity contribution in [1.29, 1.82) is 0 Å². The van der Waals surface area contributed by atoms with Gasteiger partial charge in [0.05, 0.1) is 11.3 Å². The van der Waals surface area contributed by atoms with E-state index in [-0.39, 0.29) is 22.7 Å². The van der Waals surface area contributed by atoms with Crippen LogP contribution < -0.4 is 21.3 Å². The Balaban J connectivity index is 1.71. The number of Topliss-reactive ketones (excluding diaryl/α,β-unsaturated/α-hetero) is 1. The summed E-state index contributed by atoms with van der Waals surface area (Å²) in [6.45, 7) is 0. The van der Waals surface area contributed by atoms with Crippen LogP contribution in [0.2, 0.25) is 0 Å². The number of alkyl halides is 3. The van der Waals surface area contributed by atoms with Gasteiger partial charge in [-0.3, -0.25) is 19.6 Å². The van der Waals surface area contributed by atoms with E-state index < -0.39 is 29.3 Å². The molecule has 1 aliphatic heterocycles. The molecule has 1 aromatic heterocycles. The molecule has 10 heteroatoms. The van der Waals surface area contributed by atoms with Crippen LogP contribution in [-0.2, 0) is 0 Å². The fraction of sp³-hybridized carbons (Fsp3) is 0.0952. The first kappa shape index (κ1) is 18.9. The number of aromatic nitrogens is 2. The average Bonchev–Trinajstić information content (AvgIpc) is 2.98. The summed E-state index contributed by atoms with van der Waals surface area (Å²) in [4.78, 5) is 42.4. The van der Waals surface area contributed by atoms with E-state index in [0.717, 1.165) is 12.1 Å². The predicted octanol–water partition coefficient (Wildman–Crippen LogP) is 3.13. The molecule has 2 heterocycles. The first-order valence-electron chi connectivity index (χ1n) is 9.10. The fourth-order valence-corrected chi connectivity index (χ4v) is 4.05. The summed E-state index contributed by atoms with van der Waals surface area (Å²) in [6.07, 6.45) is -4.85. The van der Waals surface area contributed by atoms with Gasteiger partial charge in [0.15, 0.2) is 5.78 Å². The lowest BCUT2D eigenvalue weighted by Gasteiger charge is -2.27. The second-order valence-corrected chi connectivity index (χ2v) is 7.04. The summed E-state index contributed by atoms with van der Waals surface area (Å²) >= 11 is 0. The number of ketones is 1. The van der Waals surface area contributed by atoms with E-state index in [0.29, 0.717) is 22.4 Å². The molecule has 3 aromatic rings. The third-order valence-corrected chi connectivity index (χ3v) is 5.21. The number of carbonyl (C=O) groups is 1. The van der Waals surface area contributed by atoms with Crippen LogP contribution in [0, 0.1) is 0 Å². The first-order chi connectivity index (χ1) is 14.7. The second-order valence-electron chi connectivity index (χ2n) is 7.04. The minimum absolute atomic E-state index is 0.0870. The molecule has 5 rings (SSSR count). The SMILES string of the molecule is O=C1C2=C(Nc3[nH]c(=O)[nH]c(=O)c3[C@H]2c2ccc(OC(F)(F)F)cc2)c2ccccc21. The number of ether oxygens (including phenoxy) is 1. The maximum absolute atomic E-state index is 13.2. The molecule has 0 saturated carbocycles. The Labute approximate surface area is 171 Å². The number of rotatable bonds is 2. The summed E-state index contributed by atoms with van der Waals surface area (Å²) in [5.74, 6) is -1.53. The van der Waals surface area contributed by atoms with Gasteiger partial charge in [-0.25, -0.2) is 4.79 Å². The molecule has 0 unspecified atom stereocenters. The Hall–Kier alpha value is -4.08. The highest BCUT2D eigenvalue weighted by atomic mass is 19.4. The molecule has 0 bridgehead atoms. The number of hydrogen-bond acceptors (Lipinski definition) is 5. The minimum Gasteiger partial charge on any atom is -0.406 e. The molecule has 2 aliphatic rings. The van der Waals surface area contributed by atoms with Gasteiger partial charge in [0.25, 0.3) is 5.56 Å². The molecule has 3 N–H and O–H groups in total. The van der Waals surface area contributed by atoms with Gasteiger partial charge in [0.1, 0.15) is 11.6 Å². The maximum atomic E-state index is 13.2. The Morgan fingerprint density at radius 2 is 1.55 bits per heavy atom. The molecule has 0 amide bonds. The third-order valence-electron chi connectivity index (χ3n) is 5.21. The summed E-state index contributed by atoms with van der Waals surface area (Å²) < 4.78 is 41.4. The molecule has 7 nitrogen and oxygen atoms in total. The smallest absolute Gasteiger partial charge is 0.406 e. The number of halogens is 3. The molecule has 2 aromatic carbocycles. The van der Waals surface area contributed by atoms with Crippen LogP contribution in [0.3, 0.4) is 0 Å². The van der Waals surface area contributed by atoms with E-state index in [4.69, 9.17) is 0 Å². The number of carbonyl (C=O) groups excluding carboxylic acids is 1. The van der Waals surface area contributed by atoms with Crippen molar-refractivity contribution in [1.82, 2.24) is 9.97 Å². The van der Waals surface area contributed by atoms with E-state index in [1.165, 1.54) is 12.1 Å². The number of aromatic amines is 2. The number of hydrogen-bond donors (Lipinski definition) is 3. The number of nitrogens with one attached hydrogen (secondary N) is 3. The van der Waals surface area contributed by atoms with Crippen molar-refractivity contribution in [3.63, 3.8) is 0 Å². The average molecular weight is 427 g/mol. The van der Waals surface area contributed by atoms with Crippen LogP contribution in [0.4, 0.5) is 19.0 Å². The van der Waals surface area contributed by atoms with Gasteiger partial charge in [-0.2, -0.15) is 0 Å². The van der Waals surface area contributed by atoms with Gasteiger partial charge in [-0.05, 0) is 17.7 Å². The van der Waals surface area contributed by atoms with E-state index in [1.54, 1.807) is 24.3 Å². The van der Waals surface area contributed by atoms with Gasteiger partial charge in [-0.1, -0.05) is 36.4 Å². The van der Waals surface area contributed by atoms with Gasteiger partial charge in [-0.15, -0.1) is 13.2 Å². The van der Waals surface area contributed by atoms with Crippen molar-refractivity contribution in [2.45, 2.75) is 12.3 Å². The molecule has 0 fully saturated rings. The zero-order valence-corrected chi connectivity index (χ0v) is 15.5. The van der Waals surface area contributed by atoms with Gasteiger partial charge >= 0.3 is 12.1 Å². The number of benzene rings is 2. The Morgan fingerprint density at radius 3 is 2.23 bits per heavy atom. The van der Waals surface area contributed by atoms with Crippen molar-refractivity contribution < 1.29 is 22.7 Å². The van der Waals surface area contributed by atoms with Gasteiger partial charge in [0.2, 0.25) is 0 Å². The van der Waals surface area contributed by atoms with E-state index in [1.807, 2.05) is 0 Å². The fourth-order valence-electron chi connectivity index (χ4n) is 4.05. The van der Waals surface area contributed by atoms with Crippen LogP contribution in [0.25, 0.3) is 5.70 Å². The molecule has 1 atom stereocenters. The van der Waals surface area contributed by atoms with E-state index >= 15 is 0 Å². The molecule has 156 valence electrons. The summed E-state index contributed by atoms with van der Waals surface area (Å²) in [5.41, 5.74) is 0.788. The lowest BCUT2D eigenvalue weighted by Crippen LogP contribution is -2.33. The third kappa shape index (κ3) is 3.03. The molecule has 1 aliphatic carbocycles. The van der Waals surface area contributed by atoms with E-state index in [2.05, 4.69) is 20.0 Å². The normalized spacial score (nSPS) is 17.0. The standard InChI is InChI=1S/C21H12F3N3O4/c22-21(23,24)31-10-7-5-9(6-8-10)13-14-16(11-3-1-2-4-12(11)17(14)28)25-18-15(13)19(29)27-20(30)26-18/h1-8,13H,(H3,25,26,27,29,30)/t13-/m0/s1. The minimum atomic E-state index is -4.85. The van der Waals surface area contributed by atoms with Crippen molar-refractivity contribution in [3.05, 3.63) is 97.2 Å². The highest BCUT2D eigenvalue weighted by molar-refractivity contribution is 6.23. The first-order valence-corrected chi connectivity index (χ1v) is 9.10. The largest absolute Gasteiger partial charge is 0.573 e. The van der Waals surface area contributed by atoms with Crippen molar-refractivity contribution in [2.24, 2.45) is 0 Å². The predicted molar refractivity (Wildman–Crippen MR) is 104 cm³/mol. The number of anilines is 1. The highest BCUT2D eigenvalue weighted by Gasteiger charge is 2.41. The molecule has 31 heavy (non-hydrogen) atoms. The molecule has 0 spiro atoms. The lowest BCUT2D eigenvalue weighted by molar-refractivity contribution is -0.274. The van der Waals surface area contributed by atoms with Crippen LogP contribution in [0.15, 0.2) is 63.7 Å². The van der Waals surface area contributed by atoms with Crippen molar-refractivity contribution >= 4 is 17.3 Å². The molecule has 0 saturated heterocycles. The van der Waals surface area contributed by atoms with Crippen molar-refractivity contribution in [2.75, 3.05) is 5.32 Å². The number of H-pyrrole nitrogens is 2. The quantitative estimate of drug-likeness (QED) is 0.583. The Kier molecular flexibility index (Phi) is 3.94. The zero-order valence-electron chi connectivity index (χ0n) is 15.5. The maximum Gasteiger partial charge on any atom is 0.573 e. The Bertz CT molecular complexity index is 1380.